The average Bonchev–Trinajstić information content (AvgIpc) is 2.95. The molecule has 0 saturated heterocycles. The minimum atomic E-state index is -1.54. The molecule has 3 N–H and O–H groups in total. The average molecular weight is 321 g/mol. The van der Waals surface area contributed by atoms with Gasteiger partial charge in [0.05, 0.1) is 15.4 Å². The van der Waals surface area contributed by atoms with E-state index >= 15 is 0 Å². The summed E-state index contributed by atoms with van der Waals surface area (Å²) in [7, 11) is 0. The number of nitro groups is 2. The maximum Gasteiger partial charge on any atom is 0.352 e. The van der Waals surface area contributed by atoms with Gasteiger partial charge in [0.2, 0.25) is 0 Å². The van der Waals surface area contributed by atoms with Crippen LogP contribution >= 0.6 is 0 Å². The van der Waals surface area contributed by atoms with Crippen molar-refractivity contribution in [2.45, 2.75) is 18.0 Å². The second kappa shape index (κ2) is 5.88. The molecular weight excluding hydrogens is 310 g/mol. The molecule has 1 heterocycles. The van der Waals surface area contributed by atoms with Gasteiger partial charge in [-0.15, -0.1) is 0 Å². The van der Waals surface area contributed by atoms with Gasteiger partial charge in [0.15, 0.2) is 0 Å². The van der Waals surface area contributed by atoms with Crippen LogP contribution in [0.1, 0.15) is 12.0 Å². The number of benzene rings is 1. The highest BCUT2D eigenvalue weighted by atomic mass is 16.6. The lowest BCUT2D eigenvalue weighted by Crippen LogP contribution is -2.39. The maximum atomic E-state index is 11.3. The van der Waals surface area contributed by atoms with E-state index in [-0.39, 0.29) is 12.0 Å². The van der Waals surface area contributed by atoms with Crippen LogP contribution in [-0.2, 0) is 10.3 Å². The Morgan fingerprint density at radius 3 is 2.52 bits per heavy atom. The molecule has 11 heteroatoms. The van der Waals surface area contributed by atoms with Crippen molar-refractivity contribution < 1.29 is 19.7 Å². The van der Waals surface area contributed by atoms with Crippen molar-refractivity contribution in [3.63, 3.8) is 0 Å². The molecular formula is C12H11N5O6. The number of rotatable bonds is 6. The Morgan fingerprint density at radius 2 is 2.04 bits per heavy atom. The molecule has 23 heavy (non-hydrogen) atoms. The Morgan fingerprint density at radius 1 is 1.35 bits per heavy atom. The number of aliphatic imine (C=N–C) groups is 2. The smallest absolute Gasteiger partial charge is 0.352 e. The van der Waals surface area contributed by atoms with E-state index in [0.29, 0.717) is 0 Å². The first-order chi connectivity index (χ1) is 10.8. The zero-order valence-corrected chi connectivity index (χ0v) is 11.5. The van der Waals surface area contributed by atoms with Gasteiger partial charge in [0.25, 0.3) is 0 Å². The van der Waals surface area contributed by atoms with Gasteiger partial charge in [0, 0.05) is 18.7 Å². The van der Waals surface area contributed by atoms with Crippen molar-refractivity contribution in [1.29, 1.82) is 0 Å². The van der Waals surface area contributed by atoms with Crippen LogP contribution in [0.3, 0.4) is 0 Å². The number of nitrogens with zero attached hydrogens (tertiary/aromatic N) is 4. The van der Waals surface area contributed by atoms with Crippen LogP contribution in [0.25, 0.3) is 0 Å². The molecule has 0 amide bonds. The topological polar surface area (TPSA) is 174 Å². The molecule has 1 aromatic rings. The van der Waals surface area contributed by atoms with E-state index < -0.39 is 38.8 Å². The third-order valence-corrected chi connectivity index (χ3v) is 3.35. The lowest BCUT2D eigenvalue weighted by molar-refractivity contribution is -0.423. The Hall–Kier alpha value is -3.21. The Kier molecular flexibility index (Phi) is 4.14. The van der Waals surface area contributed by atoms with E-state index in [1.807, 2.05) is 0 Å². The van der Waals surface area contributed by atoms with E-state index in [9.17, 15) is 25.0 Å². The van der Waals surface area contributed by atoms with Crippen LogP contribution in [0.4, 0.5) is 11.4 Å². The highest BCUT2D eigenvalue weighted by molar-refractivity contribution is 5.90. The van der Waals surface area contributed by atoms with Crippen LogP contribution in [0.2, 0.25) is 0 Å². The maximum absolute atomic E-state index is 11.3. The number of aliphatic carboxylic acids is 1. The molecule has 2 rings (SSSR count). The second-order valence-corrected chi connectivity index (χ2v) is 4.78. The molecule has 0 aromatic heterocycles. The number of nitro benzene ring substituents is 2. The summed E-state index contributed by atoms with van der Waals surface area (Å²) >= 11 is 0. The van der Waals surface area contributed by atoms with Gasteiger partial charge in [-0.3, -0.25) is 30.0 Å². The van der Waals surface area contributed by atoms with Gasteiger partial charge >= 0.3 is 17.3 Å². The molecule has 2 unspecified atom stereocenters. The number of nitrogens with two attached hydrogens (primary N) is 1. The van der Waals surface area contributed by atoms with Gasteiger partial charge in [-0.2, -0.15) is 0 Å². The largest absolute Gasteiger partial charge is 0.480 e. The summed E-state index contributed by atoms with van der Waals surface area (Å²) in [5.74, 6) is -1.33. The number of carboxylic acids is 1. The fourth-order valence-corrected chi connectivity index (χ4v) is 2.32. The number of hydrogen-bond donors (Lipinski definition) is 2. The molecule has 0 aliphatic carbocycles. The van der Waals surface area contributed by atoms with E-state index in [4.69, 9.17) is 10.8 Å². The lowest BCUT2D eigenvalue weighted by atomic mass is 9.84. The highest BCUT2D eigenvalue weighted by Crippen LogP contribution is 2.41. The van der Waals surface area contributed by atoms with Crippen molar-refractivity contribution in [3.8, 4) is 0 Å². The number of para-hydroxylation sites is 1. The van der Waals surface area contributed by atoms with Crippen molar-refractivity contribution in [1.82, 2.24) is 0 Å². The molecule has 120 valence electrons. The summed E-state index contributed by atoms with van der Waals surface area (Å²) in [5.41, 5.74) is 2.36. The van der Waals surface area contributed by atoms with Crippen LogP contribution < -0.4 is 5.73 Å². The number of hydrogen-bond acceptors (Lipinski definition) is 8. The quantitative estimate of drug-likeness (QED) is 0.569. The SMILES string of the molecule is NC(CC1(c2cccc([N+](=O)[O-])c2[N+](=O)[O-])C=NC=N1)C(=O)O. The van der Waals surface area contributed by atoms with Crippen LogP contribution in [-0.4, -0.2) is 39.5 Å². The van der Waals surface area contributed by atoms with Crippen LogP contribution in [0, 0.1) is 20.2 Å². The summed E-state index contributed by atoms with van der Waals surface area (Å²) in [6.07, 6.45) is 1.96. The third-order valence-electron chi connectivity index (χ3n) is 3.35. The van der Waals surface area contributed by atoms with Gasteiger partial charge in [0.1, 0.15) is 17.9 Å². The first-order valence-electron chi connectivity index (χ1n) is 6.27. The molecule has 0 bridgehead atoms. The summed E-state index contributed by atoms with van der Waals surface area (Å²) in [6.45, 7) is 0. The fourth-order valence-electron chi connectivity index (χ4n) is 2.32. The minimum absolute atomic E-state index is 0.133. The van der Waals surface area contributed by atoms with Gasteiger partial charge in [-0.05, 0) is 6.07 Å². The zero-order valence-electron chi connectivity index (χ0n) is 11.5. The van der Waals surface area contributed by atoms with Crippen LogP contribution in [0.5, 0.6) is 0 Å². The normalized spacial score (nSPS) is 20.4. The summed E-state index contributed by atoms with van der Waals surface area (Å²) in [4.78, 5) is 39.3. The van der Waals surface area contributed by atoms with Crippen LogP contribution in [0.15, 0.2) is 28.2 Å². The lowest BCUT2D eigenvalue weighted by Gasteiger charge is -2.24. The molecule has 0 radical (unpaired) electrons. The van der Waals surface area contributed by atoms with Gasteiger partial charge in [-0.1, -0.05) is 6.07 Å². The van der Waals surface area contributed by atoms with E-state index in [1.165, 1.54) is 18.3 Å². The molecule has 2 atom stereocenters. The molecule has 1 aromatic carbocycles. The summed E-state index contributed by atoms with van der Waals surface area (Å²) in [6, 6.07) is 2.14. The standard InChI is InChI=1S/C12H11N5O6/c13-8(11(18)19)4-12(5-14-6-15-12)7-2-1-3-9(16(20)21)10(7)17(22)23/h1-3,5-6,8H,4,13H2,(H,18,19). The molecule has 1 aliphatic rings. The van der Waals surface area contributed by atoms with Crippen molar-refractivity contribution in [3.05, 3.63) is 44.0 Å². The molecule has 0 saturated carbocycles. The number of carboxylic acid groups (broad SMARTS) is 1. The van der Waals surface area contributed by atoms with Crippen molar-refractivity contribution >= 4 is 29.9 Å². The first-order valence-corrected chi connectivity index (χ1v) is 6.27. The molecule has 1 aliphatic heterocycles. The van der Waals surface area contributed by atoms with E-state index in [1.54, 1.807) is 0 Å². The minimum Gasteiger partial charge on any atom is -0.480 e. The van der Waals surface area contributed by atoms with Gasteiger partial charge < -0.3 is 10.8 Å². The zero-order chi connectivity index (χ0) is 17.2. The van der Waals surface area contributed by atoms with E-state index in [2.05, 4.69) is 9.98 Å². The Bertz CT molecular complexity index is 731. The second-order valence-electron chi connectivity index (χ2n) is 4.78. The summed E-state index contributed by atoms with van der Waals surface area (Å²) < 4.78 is 0. The predicted octanol–water partition coefficient (Wildman–Crippen LogP) is 0.613. The molecule has 11 nitrogen and oxygen atoms in total. The van der Waals surface area contributed by atoms with Crippen molar-refractivity contribution in [2.75, 3.05) is 0 Å². The Balaban J connectivity index is 2.66. The molecule has 0 spiro atoms. The third kappa shape index (κ3) is 2.89. The Labute approximate surface area is 128 Å². The van der Waals surface area contributed by atoms with Crippen molar-refractivity contribution in [2.24, 2.45) is 15.7 Å². The fraction of sp³-hybridized carbons (Fsp3) is 0.250. The van der Waals surface area contributed by atoms with Gasteiger partial charge in [-0.25, -0.2) is 4.99 Å². The van der Waals surface area contributed by atoms with E-state index in [0.717, 1.165) is 12.4 Å². The first kappa shape index (κ1) is 16.2. The highest BCUT2D eigenvalue weighted by Gasteiger charge is 2.43. The monoisotopic (exact) mass is 321 g/mol. The summed E-state index contributed by atoms with van der Waals surface area (Å²) in [5, 5.41) is 31.3. The predicted molar refractivity (Wildman–Crippen MR) is 78.6 cm³/mol. The number of carbonyl (C=O) groups is 1. The molecule has 0 fully saturated rings.